The van der Waals surface area contributed by atoms with Crippen LogP contribution < -0.4 is 0 Å². The van der Waals surface area contributed by atoms with Crippen LogP contribution in [0.15, 0.2) is 0 Å². The summed E-state index contributed by atoms with van der Waals surface area (Å²) in [6.07, 6.45) is 7.23. The Balaban J connectivity index is 2.21. The molecule has 0 bridgehead atoms. The van der Waals surface area contributed by atoms with E-state index in [4.69, 9.17) is 5.53 Å². The predicted molar refractivity (Wildman–Crippen MR) is 48.7 cm³/mol. The van der Waals surface area contributed by atoms with Crippen LogP contribution in [0.3, 0.4) is 0 Å². The number of hydrogen-bond acceptors (Lipinski definition) is 3. The lowest BCUT2D eigenvalue weighted by Gasteiger charge is -2.20. The molecule has 0 radical (unpaired) electrons. The van der Waals surface area contributed by atoms with E-state index in [1.54, 1.807) is 4.68 Å². The van der Waals surface area contributed by atoms with E-state index in [2.05, 4.69) is 20.3 Å². The van der Waals surface area contributed by atoms with Crippen LogP contribution in [0.25, 0.3) is 5.53 Å². The van der Waals surface area contributed by atoms with Gasteiger partial charge in [0.15, 0.2) is 0 Å². The van der Waals surface area contributed by atoms with Crippen molar-refractivity contribution in [2.75, 3.05) is 0 Å². The second-order valence-corrected chi connectivity index (χ2v) is 3.52. The van der Waals surface area contributed by atoms with Crippen LogP contribution >= 0.6 is 0 Å². The molecule has 6 nitrogen and oxygen atoms in total. The van der Waals surface area contributed by atoms with Crippen molar-refractivity contribution in [3.63, 3.8) is 0 Å². The smallest absolute Gasteiger partial charge is 0.326 e. The fourth-order valence-corrected chi connectivity index (χ4v) is 1.92. The Morgan fingerprint density at radius 3 is 2.86 bits per heavy atom. The molecule has 0 saturated heterocycles. The highest BCUT2D eigenvalue weighted by molar-refractivity contribution is 5.68. The van der Waals surface area contributed by atoms with E-state index in [0.29, 0.717) is 11.9 Å². The van der Waals surface area contributed by atoms with Crippen LogP contribution in [0.2, 0.25) is 0 Å². The monoisotopic (exact) mass is 192 g/mol. The van der Waals surface area contributed by atoms with Gasteiger partial charge in [0, 0.05) is 0 Å². The highest BCUT2D eigenvalue weighted by atomic mass is 15.5. The van der Waals surface area contributed by atoms with Crippen molar-refractivity contribution in [2.45, 2.75) is 38.1 Å². The Morgan fingerprint density at radius 1 is 1.36 bits per heavy atom. The molecule has 74 valence electrons. The lowest BCUT2D eigenvalue weighted by molar-refractivity contribution is 0.00346. The van der Waals surface area contributed by atoms with Gasteiger partial charge in [-0.3, -0.25) is 0 Å². The first-order valence-corrected chi connectivity index (χ1v) is 4.87. The van der Waals surface area contributed by atoms with Gasteiger partial charge in [-0.1, -0.05) is 19.3 Å². The molecule has 0 aliphatic heterocycles. The molecule has 14 heavy (non-hydrogen) atoms. The molecular weight excluding hydrogens is 180 g/mol. The average molecular weight is 192 g/mol. The second-order valence-electron chi connectivity index (χ2n) is 3.52. The van der Waals surface area contributed by atoms with Gasteiger partial charge in [0.05, 0.1) is 6.04 Å². The highest BCUT2D eigenvalue weighted by Gasteiger charge is 2.20. The fraction of sp³-hybridized carbons (Fsp3) is 0.750. The molecule has 1 aromatic rings. The Bertz CT molecular complexity index is 344. The van der Waals surface area contributed by atoms with Crippen LogP contribution in [0.4, 0.5) is 0 Å². The molecule has 0 spiro atoms. The Kier molecular flexibility index (Phi) is 2.65. The van der Waals surface area contributed by atoms with Crippen molar-refractivity contribution >= 4 is 6.21 Å². The molecular formula is C8H12N6. The minimum atomic E-state index is 0.367. The summed E-state index contributed by atoms with van der Waals surface area (Å²) in [5.41, 5.74) is 8.42. The molecule has 0 N–H and O–H groups in total. The molecule has 0 unspecified atom stereocenters. The molecule has 1 aromatic heterocycles. The minimum Gasteiger partial charge on any atom is -0.361 e. The molecule has 1 saturated carbocycles. The summed E-state index contributed by atoms with van der Waals surface area (Å²) in [6, 6.07) is 0.367. The van der Waals surface area contributed by atoms with E-state index < -0.39 is 0 Å². The van der Waals surface area contributed by atoms with Crippen molar-refractivity contribution in [1.29, 1.82) is 0 Å². The van der Waals surface area contributed by atoms with E-state index in [1.807, 2.05) is 0 Å². The molecule has 2 rings (SSSR count). The number of tetrazole rings is 1. The van der Waals surface area contributed by atoms with Gasteiger partial charge in [0.25, 0.3) is 5.82 Å². The third-order valence-corrected chi connectivity index (χ3v) is 2.61. The first kappa shape index (κ1) is 9.02. The average Bonchev–Trinajstić information content (AvgIpc) is 2.68. The zero-order valence-electron chi connectivity index (χ0n) is 7.87. The van der Waals surface area contributed by atoms with Gasteiger partial charge < -0.3 is 5.53 Å². The van der Waals surface area contributed by atoms with Gasteiger partial charge in [-0.25, -0.2) is 4.68 Å². The lowest BCUT2D eigenvalue weighted by Crippen LogP contribution is -2.17. The van der Waals surface area contributed by atoms with E-state index >= 15 is 0 Å². The predicted octanol–water partition coefficient (Wildman–Crippen LogP) is 0.827. The van der Waals surface area contributed by atoms with Crippen molar-refractivity contribution in [1.82, 2.24) is 20.2 Å². The highest BCUT2D eigenvalue weighted by Crippen LogP contribution is 2.27. The van der Waals surface area contributed by atoms with Gasteiger partial charge in [0.1, 0.15) is 0 Å². The van der Waals surface area contributed by atoms with Gasteiger partial charge >= 0.3 is 6.21 Å². The Morgan fingerprint density at radius 2 is 2.14 bits per heavy atom. The molecule has 1 heterocycles. The van der Waals surface area contributed by atoms with Crippen molar-refractivity contribution in [2.24, 2.45) is 0 Å². The molecule has 1 fully saturated rings. The first-order chi connectivity index (χ1) is 6.92. The maximum Gasteiger partial charge on any atom is 0.326 e. The van der Waals surface area contributed by atoms with Gasteiger partial charge in [0.2, 0.25) is 0 Å². The quantitative estimate of drug-likeness (QED) is 0.395. The second kappa shape index (κ2) is 4.11. The first-order valence-electron chi connectivity index (χ1n) is 4.87. The lowest BCUT2D eigenvalue weighted by atomic mass is 9.96. The zero-order valence-corrected chi connectivity index (χ0v) is 7.87. The van der Waals surface area contributed by atoms with E-state index in [1.165, 1.54) is 25.5 Å². The van der Waals surface area contributed by atoms with Crippen molar-refractivity contribution < 1.29 is 4.79 Å². The van der Waals surface area contributed by atoms with Gasteiger partial charge in [-0.15, -0.1) is 5.10 Å². The van der Waals surface area contributed by atoms with Crippen LogP contribution in [-0.2, 0) is 0 Å². The summed E-state index contributed by atoms with van der Waals surface area (Å²) in [7, 11) is 0. The molecule has 6 heteroatoms. The van der Waals surface area contributed by atoms with Crippen LogP contribution in [0.1, 0.15) is 44.0 Å². The Labute approximate surface area is 81.5 Å². The minimum absolute atomic E-state index is 0.367. The molecule has 0 atom stereocenters. The van der Waals surface area contributed by atoms with Crippen molar-refractivity contribution in [3.8, 4) is 0 Å². The number of hydrogen-bond donors (Lipinski definition) is 0. The molecule has 1 aliphatic carbocycles. The third-order valence-electron chi connectivity index (χ3n) is 2.61. The number of aromatic nitrogens is 4. The van der Waals surface area contributed by atoms with E-state index in [-0.39, 0.29) is 0 Å². The summed E-state index contributed by atoms with van der Waals surface area (Å²) >= 11 is 0. The molecule has 0 amide bonds. The maximum absolute atomic E-state index is 8.42. The van der Waals surface area contributed by atoms with Gasteiger partial charge in [-0.2, -0.15) is 4.79 Å². The van der Waals surface area contributed by atoms with Crippen LogP contribution in [-0.4, -0.2) is 31.2 Å². The third kappa shape index (κ3) is 1.70. The number of rotatable bonds is 2. The SMILES string of the molecule is [N-]=[N+]=Cc1nnnn1C1CCCCC1. The summed E-state index contributed by atoms with van der Waals surface area (Å²) in [6.45, 7) is 0. The van der Waals surface area contributed by atoms with E-state index in [9.17, 15) is 0 Å². The van der Waals surface area contributed by atoms with Crippen LogP contribution in [0.5, 0.6) is 0 Å². The largest absolute Gasteiger partial charge is 0.361 e. The summed E-state index contributed by atoms with van der Waals surface area (Å²) < 4.78 is 1.75. The fourth-order valence-electron chi connectivity index (χ4n) is 1.92. The maximum atomic E-state index is 8.42. The molecule has 1 aliphatic rings. The normalized spacial score (nSPS) is 17.7. The van der Waals surface area contributed by atoms with Gasteiger partial charge in [-0.05, 0) is 23.3 Å². The van der Waals surface area contributed by atoms with Crippen LogP contribution in [0, 0.1) is 0 Å². The molecule has 0 aromatic carbocycles. The summed E-state index contributed by atoms with van der Waals surface area (Å²) in [5, 5.41) is 11.3. The standard InChI is InChI=1S/C8H12N6/c9-10-6-8-11-12-13-14(8)7-4-2-1-3-5-7/h6-7H,1-5H2. The topological polar surface area (TPSA) is 80.0 Å². The Hall–Kier alpha value is -1.55. The number of nitrogens with zero attached hydrogens (tertiary/aromatic N) is 6. The summed E-state index contributed by atoms with van der Waals surface area (Å²) in [4.78, 5) is 2.95. The van der Waals surface area contributed by atoms with E-state index in [0.717, 1.165) is 12.8 Å². The van der Waals surface area contributed by atoms with Crippen molar-refractivity contribution in [3.05, 3.63) is 11.4 Å². The zero-order chi connectivity index (χ0) is 9.80. The summed E-state index contributed by atoms with van der Waals surface area (Å²) in [5.74, 6) is 0.527.